The Labute approximate surface area is 209 Å². The highest BCUT2D eigenvalue weighted by atomic mass is 35.5. The summed E-state index contributed by atoms with van der Waals surface area (Å²) >= 11 is 12.3. The Balaban J connectivity index is 1.47. The quantitative estimate of drug-likeness (QED) is 0.301. The molecule has 0 unspecified atom stereocenters. The van der Waals surface area contributed by atoms with E-state index >= 15 is 0 Å². The Bertz CT molecular complexity index is 1350. The van der Waals surface area contributed by atoms with Gasteiger partial charge in [0.05, 0.1) is 28.6 Å². The summed E-state index contributed by atoms with van der Waals surface area (Å²) < 4.78 is 7.74. The average molecular weight is 494 g/mol. The summed E-state index contributed by atoms with van der Waals surface area (Å²) in [5.74, 6) is 0.416. The average Bonchev–Trinajstić information content (AvgIpc) is 3.07. The Kier molecular flexibility index (Phi) is 7.25. The number of nitrogens with one attached hydrogen (secondary N) is 1. The number of carbonyl (C=O) groups excluding carboxylic acids is 1. The third-order valence-electron chi connectivity index (χ3n) is 5.51. The number of halogens is 2. The molecule has 0 bridgehead atoms. The van der Waals surface area contributed by atoms with Crippen LogP contribution in [0.25, 0.3) is 0 Å². The van der Waals surface area contributed by atoms with Crippen LogP contribution in [0.1, 0.15) is 38.4 Å². The number of carbonyl (C=O) groups is 1. The van der Waals surface area contributed by atoms with Crippen LogP contribution in [0.3, 0.4) is 0 Å². The van der Waals surface area contributed by atoms with Gasteiger partial charge in [0.2, 0.25) is 0 Å². The molecule has 0 aliphatic heterocycles. The number of benzene rings is 3. The number of rotatable bonds is 7. The molecule has 1 aromatic heterocycles. The van der Waals surface area contributed by atoms with E-state index in [4.69, 9.17) is 27.9 Å². The predicted octanol–water partition coefficient (Wildman–Crippen LogP) is 6.99. The normalized spacial score (nSPS) is 10.9. The minimum absolute atomic E-state index is 0.205. The van der Waals surface area contributed by atoms with Crippen LogP contribution in [-0.2, 0) is 13.2 Å². The topological polar surface area (TPSA) is 56.1 Å². The molecule has 0 saturated heterocycles. The summed E-state index contributed by atoms with van der Waals surface area (Å²) in [7, 11) is 0. The van der Waals surface area contributed by atoms with Crippen LogP contribution in [-0.4, -0.2) is 15.7 Å². The highest BCUT2D eigenvalue weighted by Gasteiger charge is 2.16. The highest BCUT2D eigenvalue weighted by molar-refractivity contribution is 6.32. The number of aromatic nitrogens is 2. The fourth-order valence-electron chi connectivity index (χ4n) is 3.71. The van der Waals surface area contributed by atoms with Gasteiger partial charge in [-0.1, -0.05) is 53.5 Å². The van der Waals surface area contributed by atoms with Crippen molar-refractivity contribution in [1.29, 1.82) is 0 Å². The first-order valence-corrected chi connectivity index (χ1v) is 11.6. The molecule has 0 aliphatic rings. The van der Waals surface area contributed by atoms with Crippen molar-refractivity contribution in [2.45, 2.75) is 33.9 Å². The van der Waals surface area contributed by atoms with Crippen LogP contribution >= 0.6 is 23.2 Å². The van der Waals surface area contributed by atoms with E-state index in [1.165, 1.54) is 0 Å². The van der Waals surface area contributed by atoms with Gasteiger partial charge >= 0.3 is 0 Å². The molecule has 0 radical (unpaired) electrons. The zero-order valence-electron chi connectivity index (χ0n) is 19.2. The Morgan fingerprint density at radius 1 is 0.971 bits per heavy atom. The summed E-state index contributed by atoms with van der Waals surface area (Å²) in [6.07, 6.45) is 0. The maximum atomic E-state index is 13.0. The first-order chi connectivity index (χ1) is 16.3. The lowest BCUT2D eigenvalue weighted by atomic mass is 10.1. The lowest BCUT2D eigenvalue weighted by molar-refractivity contribution is 0.102. The minimum Gasteiger partial charge on any atom is -0.487 e. The fourth-order valence-corrected chi connectivity index (χ4v) is 4.10. The molecular formula is C27H25Cl2N3O2. The van der Waals surface area contributed by atoms with Gasteiger partial charge in [0.15, 0.2) is 0 Å². The van der Waals surface area contributed by atoms with Crippen LogP contribution in [0.4, 0.5) is 5.69 Å². The Hall–Kier alpha value is -3.28. The fraction of sp³-hybridized carbons (Fsp3) is 0.185. The number of amides is 1. The van der Waals surface area contributed by atoms with Gasteiger partial charge in [0, 0.05) is 10.6 Å². The summed E-state index contributed by atoms with van der Waals surface area (Å²) in [6.45, 7) is 6.68. The van der Waals surface area contributed by atoms with Gasteiger partial charge < -0.3 is 10.1 Å². The van der Waals surface area contributed by atoms with Crippen molar-refractivity contribution in [3.05, 3.63) is 110 Å². The number of anilines is 1. The van der Waals surface area contributed by atoms with Crippen LogP contribution in [0.2, 0.25) is 10.0 Å². The monoisotopic (exact) mass is 493 g/mol. The summed E-state index contributed by atoms with van der Waals surface area (Å²) in [5.41, 5.74) is 5.85. The van der Waals surface area contributed by atoms with Crippen LogP contribution in [0.15, 0.2) is 66.7 Å². The summed E-state index contributed by atoms with van der Waals surface area (Å²) in [5, 5.41) is 8.86. The lowest BCUT2D eigenvalue weighted by Crippen LogP contribution is -2.14. The highest BCUT2D eigenvalue weighted by Crippen LogP contribution is 2.26. The number of ether oxygens (including phenoxy) is 1. The van der Waals surface area contributed by atoms with Crippen LogP contribution in [0.5, 0.6) is 5.75 Å². The molecule has 3 aromatic carbocycles. The molecule has 0 atom stereocenters. The van der Waals surface area contributed by atoms with Crippen molar-refractivity contribution in [3.8, 4) is 5.75 Å². The molecule has 0 fully saturated rings. The van der Waals surface area contributed by atoms with Crippen molar-refractivity contribution in [1.82, 2.24) is 9.78 Å². The van der Waals surface area contributed by atoms with E-state index in [1.54, 1.807) is 6.07 Å². The van der Waals surface area contributed by atoms with E-state index in [0.29, 0.717) is 40.2 Å². The number of hydrogen-bond donors (Lipinski definition) is 1. The second-order valence-electron chi connectivity index (χ2n) is 8.21. The first-order valence-electron chi connectivity index (χ1n) is 10.9. The van der Waals surface area contributed by atoms with E-state index in [-0.39, 0.29) is 5.91 Å². The smallest absolute Gasteiger partial charge is 0.255 e. The zero-order valence-corrected chi connectivity index (χ0v) is 20.7. The van der Waals surface area contributed by atoms with Gasteiger partial charge in [-0.3, -0.25) is 9.48 Å². The van der Waals surface area contributed by atoms with Gasteiger partial charge in [-0.2, -0.15) is 5.10 Å². The third-order valence-corrected chi connectivity index (χ3v) is 6.06. The van der Waals surface area contributed by atoms with Gasteiger partial charge in [0.1, 0.15) is 12.4 Å². The molecule has 5 nitrogen and oxygen atoms in total. The van der Waals surface area contributed by atoms with E-state index in [0.717, 1.165) is 28.1 Å². The van der Waals surface area contributed by atoms with E-state index in [1.807, 2.05) is 86.1 Å². The van der Waals surface area contributed by atoms with E-state index < -0.39 is 0 Å². The Morgan fingerprint density at radius 2 is 1.74 bits per heavy atom. The molecule has 7 heteroatoms. The predicted molar refractivity (Wildman–Crippen MR) is 137 cm³/mol. The molecular weight excluding hydrogens is 469 g/mol. The molecule has 34 heavy (non-hydrogen) atoms. The largest absolute Gasteiger partial charge is 0.487 e. The maximum Gasteiger partial charge on any atom is 0.255 e. The third kappa shape index (κ3) is 5.61. The van der Waals surface area contributed by atoms with Gasteiger partial charge in [-0.05, 0) is 73.9 Å². The lowest BCUT2D eigenvalue weighted by Gasteiger charge is -2.11. The second kappa shape index (κ2) is 10.3. The zero-order chi connectivity index (χ0) is 24.2. The summed E-state index contributed by atoms with van der Waals surface area (Å²) in [6, 6.07) is 20.7. The van der Waals surface area contributed by atoms with Crippen LogP contribution < -0.4 is 10.1 Å². The van der Waals surface area contributed by atoms with Crippen molar-refractivity contribution < 1.29 is 9.53 Å². The molecule has 4 aromatic rings. The molecule has 1 amide bonds. The molecule has 0 aliphatic carbocycles. The van der Waals surface area contributed by atoms with Crippen molar-refractivity contribution in [3.63, 3.8) is 0 Å². The summed E-state index contributed by atoms with van der Waals surface area (Å²) in [4.78, 5) is 13.0. The van der Waals surface area contributed by atoms with Gasteiger partial charge in [0.25, 0.3) is 5.91 Å². The molecule has 0 saturated carbocycles. The van der Waals surface area contributed by atoms with Crippen molar-refractivity contribution >= 4 is 34.8 Å². The van der Waals surface area contributed by atoms with Crippen molar-refractivity contribution in [2.24, 2.45) is 0 Å². The number of hydrogen-bond acceptors (Lipinski definition) is 3. The van der Waals surface area contributed by atoms with E-state index in [2.05, 4.69) is 10.4 Å². The molecule has 4 rings (SSSR count). The Morgan fingerprint density at radius 3 is 2.53 bits per heavy atom. The SMILES string of the molecule is Cc1ccc(Cl)c(OCc2cccc(C(=O)Nc3c(C)nn(Cc4cccc(Cl)c4)c3C)c2)c1. The molecule has 1 heterocycles. The standard InChI is InChI=1S/C27H25Cl2N3O2/c1-17-10-11-24(29)25(12-17)34-16-21-7-4-8-22(13-21)27(33)30-26-18(2)31-32(19(26)3)15-20-6-5-9-23(28)14-20/h4-14H,15-16H2,1-3H3,(H,30,33). The van der Waals surface area contributed by atoms with Crippen molar-refractivity contribution in [2.75, 3.05) is 5.32 Å². The molecule has 0 spiro atoms. The van der Waals surface area contributed by atoms with E-state index in [9.17, 15) is 4.79 Å². The minimum atomic E-state index is -0.205. The molecule has 1 N–H and O–H groups in total. The maximum absolute atomic E-state index is 13.0. The first kappa shape index (κ1) is 23.9. The molecule has 174 valence electrons. The van der Waals surface area contributed by atoms with Crippen LogP contribution in [0, 0.1) is 20.8 Å². The second-order valence-corrected chi connectivity index (χ2v) is 9.05. The number of nitrogens with zero attached hydrogens (tertiary/aromatic N) is 2. The van der Waals surface area contributed by atoms with Gasteiger partial charge in [-0.25, -0.2) is 0 Å². The number of aryl methyl sites for hydroxylation is 2. The van der Waals surface area contributed by atoms with Gasteiger partial charge in [-0.15, -0.1) is 0 Å².